The van der Waals surface area contributed by atoms with E-state index in [9.17, 15) is 4.79 Å². The molecule has 1 rings (SSSR count). The summed E-state index contributed by atoms with van der Waals surface area (Å²) in [6.07, 6.45) is 5.09. The van der Waals surface area contributed by atoms with Gasteiger partial charge >= 0.3 is 5.97 Å². The van der Waals surface area contributed by atoms with Gasteiger partial charge in [-0.2, -0.15) is 0 Å². The van der Waals surface area contributed by atoms with E-state index in [1.165, 1.54) is 44.9 Å². The zero-order valence-corrected chi connectivity index (χ0v) is 17.7. The molecule has 0 spiro atoms. The fraction of sp³-hybridized carbons (Fsp3) is 0.950. The Hall–Kier alpha value is -0.810. The van der Waals surface area contributed by atoms with E-state index in [0.29, 0.717) is 6.42 Å². The first-order chi connectivity index (χ1) is 13.8. The van der Waals surface area contributed by atoms with Crippen molar-refractivity contribution in [2.75, 3.05) is 26.4 Å². The van der Waals surface area contributed by atoms with Crippen LogP contribution in [0.25, 0.3) is 0 Å². The molecule has 29 heavy (non-hydrogen) atoms. The average Bonchev–Trinajstić information content (AvgIpc) is 3.60. The predicted molar refractivity (Wildman–Crippen MR) is 108 cm³/mol. The number of carbonyl (C=O) groups is 1. The summed E-state index contributed by atoms with van der Waals surface area (Å²) in [7, 11) is 0. The number of unbranched alkanes of at least 4 members (excludes halogenated alkanes) is 8. The van der Waals surface area contributed by atoms with Gasteiger partial charge in [-0.3, -0.25) is 4.79 Å². The summed E-state index contributed by atoms with van der Waals surface area (Å²) in [5, 5.41) is 60.6. The van der Waals surface area contributed by atoms with Crippen molar-refractivity contribution in [3.05, 3.63) is 0 Å². The smallest absolute Gasteiger partial charge is 0.303 e. The van der Waals surface area contributed by atoms with Crippen LogP contribution in [0.3, 0.4) is 0 Å². The number of rotatable bonds is 15. The van der Waals surface area contributed by atoms with Gasteiger partial charge in [0.25, 0.3) is 0 Å². The van der Waals surface area contributed by atoms with Gasteiger partial charge in [-0.15, -0.1) is 0 Å². The largest absolute Gasteiger partial charge is 0.481 e. The lowest BCUT2D eigenvalue weighted by Crippen LogP contribution is -2.46. The number of hydrogen-bond donors (Lipinski definition) is 7. The number of carboxylic acid groups (broad SMARTS) is 1. The van der Waals surface area contributed by atoms with E-state index in [1.807, 2.05) is 0 Å². The molecule has 0 saturated carbocycles. The summed E-state index contributed by atoms with van der Waals surface area (Å²) in [6, 6.07) is 0. The van der Waals surface area contributed by atoms with Crippen molar-refractivity contribution in [2.24, 2.45) is 0 Å². The highest BCUT2D eigenvalue weighted by Gasteiger charge is 2.29. The van der Waals surface area contributed by atoms with E-state index < -0.39 is 43.6 Å². The molecule has 4 atom stereocenters. The van der Waals surface area contributed by atoms with E-state index >= 15 is 0 Å². The van der Waals surface area contributed by atoms with Gasteiger partial charge in [0.15, 0.2) is 0 Å². The summed E-state index contributed by atoms with van der Waals surface area (Å²) < 4.78 is 4.50. The summed E-state index contributed by atoms with van der Waals surface area (Å²) in [5.74, 6) is -0.659. The van der Waals surface area contributed by atoms with Gasteiger partial charge in [0.2, 0.25) is 0 Å². The number of epoxide rings is 1. The van der Waals surface area contributed by atoms with Crippen LogP contribution in [0.5, 0.6) is 0 Å². The molecule has 1 aliphatic heterocycles. The van der Waals surface area contributed by atoms with Crippen LogP contribution in [0.1, 0.15) is 71.1 Å². The molecule has 0 aromatic heterocycles. The average molecular weight is 427 g/mol. The number of aliphatic hydroxyl groups excluding tert-OH is 6. The minimum Gasteiger partial charge on any atom is -0.481 e. The summed E-state index contributed by atoms with van der Waals surface area (Å²) in [6.45, 7) is 2.78. The predicted octanol–water partition coefficient (Wildman–Crippen LogP) is 0.423. The first kappa shape index (κ1) is 30.4. The Labute approximate surface area is 174 Å². The topological polar surface area (TPSA) is 171 Å². The normalized spacial score (nSPS) is 16.4. The molecule has 7 N–H and O–H groups in total. The molecule has 9 heteroatoms. The third-order valence-electron chi connectivity index (χ3n) is 4.21. The van der Waals surface area contributed by atoms with Crippen molar-refractivity contribution in [3.8, 4) is 0 Å². The third-order valence-corrected chi connectivity index (χ3v) is 4.21. The molecule has 1 saturated heterocycles. The van der Waals surface area contributed by atoms with E-state index in [2.05, 4.69) is 11.7 Å². The molecule has 176 valence electrons. The molecule has 0 aromatic carbocycles. The number of ether oxygens (including phenoxy) is 1. The highest BCUT2D eigenvalue weighted by atomic mass is 16.6. The fourth-order valence-corrected chi connectivity index (χ4v) is 2.26. The highest BCUT2D eigenvalue weighted by Crippen LogP contribution is 2.10. The Kier molecular flexibility index (Phi) is 22.9. The zero-order chi connectivity index (χ0) is 22.5. The summed E-state index contributed by atoms with van der Waals surface area (Å²) in [4.78, 5) is 10.2. The number of carboxylic acids is 1. The van der Waals surface area contributed by atoms with Gasteiger partial charge in [-0.25, -0.2) is 0 Å². The van der Waals surface area contributed by atoms with Crippen molar-refractivity contribution in [1.29, 1.82) is 0 Å². The monoisotopic (exact) mass is 426 g/mol. The van der Waals surface area contributed by atoms with Crippen LogP contribution in [0, 0.1) is 0 Å². The van der Waals surface area contributed by atoms with Gasteiger partial charge in [-0.1, -0.05) is 58.3 Å². The van der Waals surface area contributed by atoms with E-state index in [4.69, 9.17) is 35.7 Å². The lowest BCUT2D eigenvalue weighted by Gasteiger charge is -2.24. The van der Waals surface area contributed by atoms with Crippen LogP contribution in [0.4, 0.5) is 0 Å². The second kappa shape index (κ2) is 21.9. The number of hydrogen-bond acceptors (Lipinski definition) is 8. The van der Waals surface area contributed by atoms with Crippen LogP contribution in [-0.4, -0.2) is 92.6 Å². The zero-order valence-electron chi connectivity index (χ0n) is 17.7. The number of aliphatic carboxylic acids is 1. The molecule has 4 unspecified atom stereocenters. The third kappa shape index (κ3) is 23.3. The molecule has 9 nitrogen and oxygen atoms in total. The first-order valence-electron chi connectivity index (χ1n) is 10.5. The van der Waals surface area contributed by atoms with Crippen LogP contribution in [0.15, 0.2) is 0 Å². The molecule has 1 heterocycles. The van der Waals surface area contributed by atoms with Gasteiger partial charge in [-0.05, 0) is 6.42 Å². The molecule has 0 aliphatic carbocycles. The molecule has 0 amide bonds. The Balaban J connectivity index is 0. The maximum atomic E-state index is 10.2. The second-order valence-electron chi connectivity index (χ2n) is 7.07. The standard InChI is InChI=1S/C12H24O2.C6H14O6.C2H4O/c1-2-3-4-5-6-7-8-9-10-11-12(13)14;7-1-3(9)5(11)6(12)4(10)2-8;1-2-3-1/h2-11H2,1H3,(H,13,14);3-12H,1-2H2;1-2H2. The van der Waals surface area contributed by atoms with Gasteiger partial charge in [0.05, 0.1) is 26.4 Å². The minimum absolute atomic E-state index is 0.343. The Morgan fingerprint density at radius 2 is 1.10 bits per heavy atom. The van der Waals surface area contributed by atoms with Gasteiger partial charge < -0.3 is 40.5 Å². The van der Waals surface area contributed by atoms with Crippen LogP contribution >= 0.6 is 0 Å². The SMILES string of the molecule is C1CO1.CCCCCCCCCCCC(=O)O.OCC(O)C(O)C(O)C(O)CO. The first-order valence-corrected chi connectivity index (χ1v) is 10.5. The van der Waals surface area contributed by atoms with Crippen molar-refractivity contribution < 1.29 is 45.3 Å². The summed E-state index contributed by atoms with van der Waals surface area (Å²) >= 11 is 0. The van der Waals surface area contributed by atoms with Gasteiger partial charge in [0.1, 0.15) is 24.4 Å². The van der Waals surface area contributed by atoms with Crippen molar-refractivity contribution in [1.82, 2.24) is 0 Å². The van der Waals surface area contributed by atoms with E-state index in [-0.39, 0.29) is 0 Å². The lowest BCUT2D eigenvalue weighted by atomic mass is 10.0. The lowest BCUT2D eigenvalue weighted by molar-refractivity contribution is -0.137. The van der Waals surface area contributed by atoms with Crippen LogP contribution < -0.4 is 0 Å². The van der Waals surface area contributed by atoms with Crippen molar-refractivity contribution >= 4 is 5.97 Å². The molecular weight excluding hydrogens is 384 g/mol. The van der Waals surface area contributed by atoms with Crippen LogP contribution in [0.2, 0.25) is 0 Å². The Morgan fingerprint density at radius 3 is 1.38 bits per heavy atom. The fourth-order valence-electron chi connectivity index (χ4n) is 2.26. The molecule has 0 aromatic rings. The van der Waals surface area contributed by atoms with Gasteiger partial charge in [0, 0.05) is 6.42 Å². The highest BCUT2D eigenvalue weighted by molar-refractivity contribution is 5.66. The van der Waals surface area contributed by atoms with E-state index in [0.717, 1.165) is 26.1 Å². The molecule has 0 radical (unpaired) electrons. The maximum Gasteiger partial charge on any atom is 0.303 e. The second-order valence-corrected chi connectivity index (χ2v) is 7.07. The quantitative estimate of drug-likeness (QED) is 0.145. The van der Waals surface area contributed by atoms with E-state index in [1.54, 1.807) is 0 Å². The minimum atomic E-state index is -1.67. The number of aliphatic hydroxyl groups is 6. The van der Waals surface area contributed by atoms with Crippen LogP contribution in [-0.2, 0) is 9.53 Å². The molecule has 1 aliphatic rings. The summed E-state index contributed by atoms with van der Waals surface area (Å²) in [5.41, 5.74) is 0. The molecule has 1 fully saturated rings. The Bertz CT molecular complexity index is 336. The molecule has 0 bridgehead atoms. The molecular formula is C20H42O9. The Morgan fingerprint density at radius 1 is 0.759 bits per heavy atom. The van der Waals surface area contributed by atoms with Crippen molar-refractivity contribution in [2.45, 2.75) is 95.5 Å². The van der Waals surface area contributed by atoms with Crippen molar-refractivity contribution in [3.63, 3.8) is 0 Å². The maximum absolute atomic E-state index is 10.2.